The normalized spacial score (nSPS) is 22.9. The minimum atomic E-state index is -3.64. The van der Waals surface area contributed by atoms with Crippen LogP contribution in [0.4, 0.5) is 5.69 Å². The summed E-state index contributed by atoms with van der Waals surface area (Å²) >= 11 is 0. The number of nitro benzene ring substituents is 1. The molecule has 1 aliphatic rings. The smallest absolute Gasteiger partial charge is 0.269 e. The summed E-state index contributed by atoms with van der Waals surface area (Å²) in [5.74, 6) is 0. The Morgan fingerprint density at radius 2 is 2.05 bits per heavy atom. The van der Waals surface area contributed by atoms with Crippen LogP contribution >= 0.6 is 0 Å². The van der Waals surface area contributed by atoms with Crippen LogP contribution in [-0.4, -0.2) is 32.0 Å². The lowest BCUT2D eigenvalue weighted by Crippen LogP contribution is -2.42. The van der Waals surface area contributed by atoms with E-state index in [2.05, 4.69) is 10.0 Å². The van der Waals surface area contributed by atoms with Gasteiger partial charge in [0, 0.05) is 24.2 Å². The van der Waals surface area contributed by atoms with Gasteiger partial charge in [0.05, 0.1) is 9.82 Å². The monoisotopic (exact) mass is 299 g/mol. The SMILES string of the molecule is CC[C@@H]1NCC[C@H]1NS(=O)(=O)c1ccc([N+](=O)[O-])cc1. The summed E-state index contributed by atoms with van der Waals surface area (Å²) in [7, 11) is -3.64. The standard InChI is InChI=1S/C12H17N3O4S/c1-2-11-12(7-8-13-11)14-20(18,19)10-5-3-9(4-6-10)15(16)17/h3-6,11-14H,2,7-8H2,1H3/t11-,12+/m0/s1. The highest BCUT2D eigenvalue weighted by atomic mass is 32.2. The van der Waals surface area contributed by atoms with Gasteiger partial charge in [-0.05, 0) is 31.5 Å². The Labute approximate surface area is 117 Å². The molecule has 1 fully saturated rings. The Kier molecular flexibility index (Phi) is 4.36. The zero-order chi connectivity index (χ0) is 14.8. The van der Waals surface area contributed by atoms with E-state index in [1.807, 2.05) is 6.92 Å². The van der Waals surface area contributed by atoms with Crippen molar-refractivity contribution in [2.75, 3.05) is 6.54 Å². The van der Waals surface area contributed by atoms with Crippen molar-refractivity contribution in [2.45, 2.75) is 36.7 Å². The molecular formula is C12H17N3O4S. The molecule has 2 atom stereocenters. The van der Waals surface area contributed by atoms with Crippen LogP contribution in [0.2, 0.25) is 0 Å². The van der Waals surface area contributed by atoms with Gasteiger partial charge in [-0.2, -0.15) is 0 Å². The molecule has 0 spiro atoms. The summed E-state index contributed by atoms with van der Waals surface area (Å²) < 4.78 is 27.1. The molecule has 20 heavy (non-hydrogen) atoms. The largest absolute Gasteiger partial charge is 0.312 e. The number of benzene rings is 1. The van der Waals surface area contributed by atoms with E-state index >= 15 is 0 Å². The first-order valence-corrected chi connectivity index (χ1v) is 7.92. The molecule has 0 aromatic heterocycles. The second kappa shape index (κ2) is 5.86. The topological polar surface area (TPSA) is 101 Å². The van der Waals surface area contributed by atoms with E-state index in [0.717, 1.165) is 19.4 Å². The molecule has 8 heteroatoms. The van der Waals surface area contributed by atoms with E-state index < -0.39 is 14.9 Å². The minimum Gasteiger partial charge on any atom is -0.312 e. The van der Waals surface area contributed by atoms with E-state index in [9.17, 15) is 18.5 Å². The first-order valence-electron chi connectivity index (χ1n) is 6.44. The summed E-state index contributed by atoms with van der Waals surface area (Å²) in [6.07, 6.45) is 1.58. The maximum atomic E-state index is 12.2. The van der Waals surface area contributed by atoms with E-state index in [1.54, 1.807) is 0 Å². The number of nitrogens with zero attached hydrogens (tertiary/aromatic N) is 1. The first-order chi connectivity index (χ1) is 9.44. The molecule has 1 aromatic rings. The average molecular weight is 299 g/mol. The average Bonchev–Trinajstić information content (AvgIpc) is 2.85. The van der Waals surface area contributed by atoms with Gasteiger partial charge in [0.15, 0.2) is 0 Å². The molecule has 2 N–H and O–H groups in total. The number of sulfonamides is 1. The van der Waals surface area contributed by atoms with Crippen LogP contribution in [0.15, 0.2) is 29.2 Å². The fourth-order valence-corrected chi connectivity index (χ4v) is 3.66. The number of non-ortho nitro benzene ring substituents is 1. The van der Waals surface area contributed by atoms with E-state index in [1.165, 1.54) is 24.3 Å². The van der Waals surface area contributed by atoms with Crippen molar-refractivity contribution < 1.29 is 13.3 Å². The van der Waals surface area contributed by atoms with Crippen LogP contribution in [0.5, 0.6) is 0 Å². The third-order valence-electron chi connectivity index (χ3n) is 3.45. The predicted molar refractivity (Wildman–Crippen MR) is 73.9 cm³/mol. The van der Waals surface area contributed by atoms with Crippen LogP contribution in [0, 0.1) is 10.1 Å². The number of hydrogen-bond acceptors (Lipinski definition) is 5. The highest BCUT2D eigenvalue weighted by Gasteiger charge is 2.29. The zero-order valence-electron chi connectivity index (χ0n) is 11.1. The lowest BCUT2D eigenvalue weighted by atomic mass is 10.1. The van der Waals surface area contributed by atoms with Crippen LogP contribution in [-0.2, 0) is 10.0 Å². The molecule has 0 unspecified atom stereocenters. The van der Waals surface area contributed by atoms with Gasteiger partial charge < -0.3 is 5.32 Å². The summed E-state index contributed by atoms with van der Waals surface area (Å²) in [6, 6.07) is 4.88. The molecular weight excluding hydrogens is 282 g/mol. The first kappa shape index (κ1) is 14.9. The van der Waals surface area contributed by atoms with Gasteiger partial charge in [-0.25, -0.2) is 13.1 Å². The third-order valence-corrected chi connectivity index (χ3v) is 4.96. The van der Waals surface area contributed by atoms with Crippen molar-refractivity contribution in [2.24, 2.45) is 0 Å². The predicted octanol–water partition coefficient (Wildman–Crippen LogP) is 1.01. The quantitative estimate of drug-likeness (QED) is 0.624. The molecule has 0 radical (unpaired) electrons. The van der Waals surface area contributed by atoms with Gasteiger partial charge >= 0.3 is 0 Å². The van der Waals surface area contributed by atoms with Crippen molar-refractivity contribution in [1.82, 2.24) is 10.0 Å². The van der Waals surface area contributed by atoms with Crippen LogP contribution < -0.4 is 10.0 Å². The Balaban J connectivity index is 2.15. The Hall–Kier alpha value is -1.51. The summed E-state index contributed by atoms with van der Waals surface area (Å²) in [4.78, 5) is 10.0. The molecule has 0 amide bonds. The van der Waals surface area contributed by atoms with Crippen molar-refractivity contribution >= 4 is 15.7 Å². The van der Waals surface area contributed by atoms with Gasteiger partial charge in [-0.1, -0.05) is 6.92 Å². The number of nitrogens with one attached hydrogen (secondary N) is 2. The second-order valence-electron chi connectivity index (χ2n) is 4.74. The van der Waals surface area contributed by atoms with Gasteiger partial charge in [-0.15, -0.1) is 0 Å². The third kappa shape index (κ3) is 3.14. The molecule has 0 bridgehead atoms. The van der Waals surface area contributed by atoms with Gasteiger partial charge in [0.25, 0.3) is 5.69 Å². The molecule has 1 aliphatic heterocycles. The number of hydrogen-bond donors (Lipinski definition) is 2. The molecule has 110 valence electrons. The summed E-state index contributed by atoms with van der Waals surface area (Å²) in [5, 5.41) is 13.8. The lowest BCUT2D eigenvalue weighted by molar-refractivity contribution is -0.384. The Morgan fingerprint density at radius 3 is 2.60 bits per heavy atom. The lowest BCUT2D eigenvalue weighted by Gasteiger charge is -2.19. The van der Waals surface area contributed by atoms with Gasteiger partial charge in [0.1, 0.15) is 0 Å². The van der Waals surface area contributed by atoms with Crippen molar-refractivity contribution in [3.05, 3.63) is 34.4 Å². The van der Waals surface area contributed by atoms with Crippen LogP contribution in [0.3, 0.4) is 0 Å². The number of nitro groups is 1. The van der Waals surface area contributed by atoms with Crippen LogP contribution in [0.25, 0.3) is 0 Å². The minimum absolute atomic E-state index is 0.0462. The van der Waals surface area contributed by atoms with E-state index in [4.69, 9.17) is 0 Å². The molecule has 7 nitrogen and oxygen atoms in total. The maximum Gasteiger partial charge on any atom is 0.269 e. The maximum absolute atomic E-state index is 12.2. The van der Waals surface area contributed by atoms with Crippen molar-refractivity contribution in [1.29, 1.82) is 0 Å². The highest BCUT2D eigenvalue weighted by Crippen LogP contribution is 2.18. The highest BCUT2D eigenvalue weighted by molar-refractivity contribution is 7.89. The summed E-state index contributed by atoms with van der Waals surface area (Å²) in [5.41, 5.74) is -0.127. The number of rotatable bonds is 5. The molecule has 0 aliphatic carbocycles. The second-order valence-corrected chi connectivity index (χ2v) is 6.45. The van der Waals surface area contributed by atoms with Gasteiger partial charge in [-0.3, -0.25) is 10.1 Å². The van der Waals surface area contributed by atoms with Crippen molar-refractivity contribution in [3.63, 3.8) is 0 Å². The molecule has 0 saturated carbocycles. The molecule has 1 saturated heterocycles. The Bertz CT molecular complexity index is 585. The molecule has 1 heterocycles. The van der Waals surface area contributed by atoms with E-state index in [-0.39, 0.29) is 22.7 Å². The van der Waals surface area contributed by atoms with Crippen molar-refractivity contribution in [3.8, 4) is 0 Å². The fraction of sp³-hybridized carbons (Fsp3) is 0.500. The van der Waals surface area contributed by atoms with Crippen LogP contribution in [0.1, 0.15) is 19.8 Å². The zero-order valence-corrected chi connectivity index (χ0v) is 11.9. The Morgan fingerprint density at radius 1 is 1.40 bits per heavy atom. The molecule has 1 aromatic carbocycles. The fourth-order valence-electron chi connectivity index (χ4n) is 2.35. The van der Waals surface area contributed by atoms with Gasteiger partial charge in [0.2, 0.25) is 10.0 Å². The van der Waals surface area contributed by atoms with E-state index in [0.29, 0.717) is 0 Å². The summed E-state index contributed by atoms with van der Waals surface area (Å²) in [6.45, 7) is 2.78. The molecule has 2 rings (SSSR count).